The van der Waals surface area contributed by atoms with Crippen LogP contribution < -0.4 is 21.2 Å². The van der Waals surface area contributed by atoms with Crippen LogP contribution in [0.25, 0.3) is 11.0 Å². The van der Waals surface area contributed by atoms with Crippen LogP contribution in [0.1, 0.15) is 48.1 Å². The number of aryl methyl sites for hydroxylation is 1. The number of para-hydroxylation sites is 1. The molecule has 1 atom stereocenters. The Hall–Kier alpha value is -3.39. The van der Waals surface area contributed by atoms with E-state index < -0.39 is 11.1 Å². The van der Waals surface area contributed by atoms with Gasteiger partial charge in [0.1, 0.15) is 11.4 Å². The summed E-state index contributed by atoms with van der Waals surface area (Å²) in [6, 6.07) is 12.7. The zero-order chi connectivity index (χ0) is 23.2. The Morgan fingerprint density at radius 3 is 2.70 bits per heavy atom. The molecule has 1 fully saturated rings. The van der Waals surface area contributed by atoms with Gasteiger partial charge in [0.2, 0.25) is 0 Å². The molecule has 0 unspecified atom stereocenters. The molecule has 2 aromatic carbocycles. The number of hydrogen-bond donors (Lipinski definition) is 2. The van der Waals surface area contributed by atoms with Crippen LogP contribution in [0.15, 0.2) is 52.1 Å². The molecule has 172 valence electrons. The summed E-state index contributed by atoms with van der Waals surface area (Å²) in [5.74, 6) is 0.602. The molecule has 3 heterocycles. The molecular formula is C25H28N4O4. The summed E-state index contributed by atoms with van der Waals surface area (Å²) in [5, 5.41) is 3.20. The number of benzene rings is 2. The molecule has 5 rings (SSSR count). The predicted molar refractivity (Wildman–Crippen MR) is 126 cm³/mol. The largest absolute Gasteiger partial charge is 0.487 e. The molecule has 1 spiro atoms. The van der Waals surface area contributed by atoms with Crippen molar-refractivity contribution in [2.24, 2.45) is 0 Å². The molecule has 0 radical (unpaired) electrons. The molecule has 2 N–H and O–H groups in total. The SMILES string of the molecule is CCn1c(=O)c(=O)[nH]c2cc(C(=O)N[C@@H]3CC4(CCN(C)CC4)Oc4ccccc43)ccc21. The number of ether oxygens (including phenoxy) is 1. The molecule has 3 aromatic rings. The van der Waals surface area contributed by atoms with Crippen LogP contribution in [-0.4, -0.2) is 46.1 Å². The van der Waals surface area contributed by atoms with Crippen LogP contribution in [0.5, 0.6) is 5.75 Å². The van der Waals surface area contributed by atoms with Crippen LogP contribution in [0.4, 0.5) is 0 Å². The Kier molecular flexibility index (Phi) is 5.32. The fourth-order valence-electron chi connectivity index (χ4n) is 5.06. The van der Waals surface area contributed by atoms with Crippen LogP contribution >= 0.6 is 0 Å². The molecule has 8 nitrogen and oxygen atoms in total. The highest BCUT2D eigenvalue weighted by atomic mass is 16.5. The minimum Gasteiger partial charge on any atom is -0.487 e. The fourth-order valence-corrected chi connectivity index (χ4v) is 5.06. The van der Waals surface area contributed by atoms with Gasteiger partial charge in [-0.15, -0.1) is 0 Å². The normalized spacial score (nSPS) is 19.8. The second kappa shape index (κ2) is 8.19. The lowest BCUT2D eigenvalue weighted by atomic mass is 9.80. The smallest absolute Gasteiger partial charge is 0.316 e. The number of amides is 1. The Balaban J connectivity index is 1.46. The van der Waals surface area contributed by atoms with Crippen molar-refractivity contribution >= 4 is 16.9 Å². The molecule has 1 aromatic heterocycles. The second-order valence-electron chi connectivity index (χ2n) is 9.09. The minimum absolute atomic E-state index is 0.176. The molecule has 1 amide bonds. The van der Waals surface area contributed by atoms with E-state index in [0.717, 1.165) is 37.2 Å². The summed E-state index contributed by atoms with van der Waals surface area (Å²) in [4.78, 5) is 42.3. The first-order valence-electron chi connectivity index (χ1n) is 11.4. The maximum absolute atomic E-state index is 13.3. The number of H-pyrrole nitrogens is 1. The monoisotopic (exact) mass is 448 g/mol. The van der Waals surface area contributed by atoms with Crippen molar-refractivity contribution in [3.63, 3.8) is 0 Å². The average molecular weight is 449 g/mol. The van der Waals surface area contributed by atoms with E-state index in [1.165, 1.54) is 4.57 Å². The summed E-state index contributed by atoms with van der Waals surface area (Å²) in [6.45, 7) is 4.10. The lowest BCUT2D eigenvalue weighted by Crippen LogP contribution is -2.51. The molecule has 1 saturated heterocycles. The van der Waals surface area contributed by atoms with Crippen molar-refractivity contribution < 1.29 is 9.53 Å². The lowest BCUT2D eigenvalue weighted by Gasteiger charge is -2.46. The number of aromatic nitrogens is 2. The molecule has 33 heavy (non-hydrogen) atoms. The van der Waals surface area contributed by atoms with E-state index in [-0.39, 0.29) is 17.6 Å². The Bertz CT molecular complexity index is 1330. The van der Waals surface area contributed by atoms with Gasteiger partial charge in [0.15, 0.2) is 0 Å². The van der Waals surface area contributed by atoms with Gasteiger partial charge in [0.05, 0.1) is 17.1 Å². The van der Waals surface area contributed by atoms with Crippen molar-refractivity contribution in [3.8, 4) is 5.75 Å². The summed E-state index contributed by atoms with van der Waals surface area (Å²) in [6.07, 6.45) is 2.54. The zero-order valence-electron chi connectivity index (χ0n) is 18.9. The number of aromatic amines is 1. The highest BCUT2D eigenvalue weighted by Gasteiger charge is 2.43. The van der Waals surface area contributed by atoms with Gasteiger partial charge in [-0.1, -0.05) is 18.2 Å². The maximum Gasteiger partial charge on any atom is 0.316 e. The summed E-state index contributed by atoms with van der Waals surface area (Å²) >= 11 is 0. The number of likely N-dealkylation sites (tertiary alicyclic amines) is 1. The van der Waals surface area contributed by atoms with Crippen molar-refractivity contribution in [1.29, 1.82) is 0 Å². The summed E-state index contributed by atoms with van der Waals surface area (Å²) < 4.78 is 7.89. The van der Waals surface area contributed by atoms with Crippen LogP contribution in [0.2, 0.25) is 0 Å². The van der Waals surface area contributed by atoms with Gasteiger partial charge in [0, 0.05) is 37.2 Å². The van der Waals surface area contributed by atoms with Gasteiger partial charge in [-0.25, -0.2) is 0 Å². The van der Waals surface area contributed by atoms with E-state index in [9.17, 15) is 14.4 Å². The third-order valence-corrected chi connectivity index (χ3v) is 6.95. The Morgan fingerprint density at radius 1 is 1.18 bits per heavy atom. The molecule has 2 aliphatic rings. The molecule has 0 bridgehead atoms. The first-order chi connectivity index (χ1) is 15.9. The molecule has 0 saturated carbocycles. The highest BCUT2D eigenvalue weighted by molar-refractivity contribution is 5.97. The van der Waals surface area contributed by atoms with Gasteiger partial charge in [-0.2, -0.15) is 0 Å². The number of piperidine rings is 1. The number of nitrogens with zero attached hydrogens (tertiary/aromatic N) is 2. The van der Waals surface area contributed by atoms with Crippen LogP contribution in [0, 0.1) is 0 Å². The topological polar surface area (TPSA) is 96.4 Å². The number of rotatable bonds is 3. The van der Waals surface area contributed by atoms with E-state index in [0.29, 0.717) is 29.6 Å². The lowest BCUT2D eigenvalue weighted by molar-refractivity contribution is -0.0195. The van der Waals surface area contributed by atoms with Gasteiger partial charge >= 0.3 is 11.1 Å². The first kappa shape index (κ1) is 21.5. The maximum atomic E-state index is 13.3. The third kappa shape index (κ3) is 3.84. The number of fused-ring (bicyclic) bond motifs is 2. The van der Waals surface area contributed by atoms with Gasteiger partial charge < -0.3 is 24.5 Å². The van der Waals surface area contributed by atoms with E-state index in [1.807, 2.05) is 31.2 Å². The molecule has 2 aliphatic heterocycles. The first-order valence-corrected chi connectivity index (χ1v) is 11.4. The highest BCUT2D eigenvalue weighted by Crippen LogP contribution is 2.44. The van der Waals surface area contributed by atoms with E-state index in [1.54, 1.807) is 18.2 Å². The Morgan fingerprint density at radius 2 is 1.94 bits per heavy atom. The van der Waals surface area contributed by atoms with E-state index in [4.69, 9.17) is 4.74 Å². The minimum atomic E-state index is -0.690. The van der Waals surface area contributed by atoms with Crippen molar-refractivity contribution in [2.75, 3.05) is 20.1 Å². The molecular weight excluding hydrogens is 420 g/mol. The van der Waals surface area contributed by atoms with Crippen LogP contribution in [0.3, 0.4) is 0 Å². The van der Waals surface area contributed by atoms with Crippen molar-refractivity contribution in [3.05, 3.63) is 74.3 Å². The number of carbonyl (C=O) groups is 1. The average Bonchev–Trinajstić information content (AvgIpc) is 2.82. The number of nitrogens with one attached hydrogen (secondary N) is 2. The predicted octanol–water partition coefficient (Wildman–Crippen LogP) is 2.43. The standard InChI is InChI=1S/C25H28N4O4/c1-3-29-20-9-8-16(14-18(20)26-23(31)24(29)32)22(30)27-19-15-25(10-12-28(2)13-11-25)33-21-7-5-4-6-17(19)21/h4-9,14,19H,3,10-13,15H2,1-2H3,(H,26,31)(H,27,30)/t19-/m1/s1. The number of carbonyl (C=O) groups excluding carboxylic acids is 1. The summed E-state index contributed by atoms with van der Waals surface area (Å²) in [7, 11) is 2.12. The van der Waals surface area contributed by atoms with Crippen molar-refractivity contribution in [1.82, 2.24) is 19.8 Å². The van der Waals surface area contributed by atoms with Gasteiger partial charge in [-0.3, -0.25) is 14.4 Å². The van der Waals surface area contributed by atoms with Gasteiger partial charge in [0.25, 0.3) is 5.91 Å². The quantitative estimate of drug-likeness (QED) is 0.600. The van der Waals surface area contributed by atoms with Gasteiger partial charge in [-0.05, 0) is 51.1 Å². The molecule has 8 heteroatoms. The van der Waals surface area contributed by atoms with Crippen molar-refractivity contribution in [2.45, 2.75) is 44.4 Å². The third-order valence-electron chi connectivity index (χ3n) is 6.95. The summed E-state index contributed by atoms with van der Waals surface area (Å²) in [5.41, 5.74) is 0.901. The molecule has 0 aliphatic carbocycles. The zero-order valence-corrected chi connectivity index (χ0v) is 18.9. The van der Waals surface area contributed by atoms with E-state index >= 15 is 0 Å². The van der Waals surface area contributed by atoms with E-state index in [2.05, 4.69) is 22.2 Å². The Labute approximate surface area is 191 Å². The number of hydrogen-bond acceptors (Lipinski definition) is 5. The van der Waals surface area contributed by atoms with Crippen LogP contribution in [-0.2, 0) is 6.54 Å². The fraction of sp³-hybridized carbons (Fsp3) is 0.400. The second-order valence-corrected chi connectivity index (χ2v) is 9.09.